The normalized spacial score (nSPS) is 10.4. The fourth-order valence-corrected chi connectivity index (χ4v) is 3.94. The molecule has 0 saturated carbocycles. The first-order valence-corrected chi connectivity index (χ1v) is 8.21. The van der Waals surface area contributed by atoms with Crippen LogP contribution in [0.1, 0.15) is 30.0 Å². The predicted molar refractivity (Wildman–Crippen MR) is 83.6 cm³/mol. The maximum Gasteiger partial charge on any atom is 0.355 e. The highest BCUT2D eigenvalue weighted by Crippen LogP contribution is 2.38. The fraction of sp³-hybridized carbons (Fsp3) is 0.250. The number of thiazole rings is 1. The van der Waals surface area contributed by atoms with E-state index < -0.39 is 5.97 Å². The number of aromatic nitrogens is 1. The number of thiophene rings is 1. The lowest BCUT2D eigenvalue weighted by atomic mass is 10.3. The fourth-order valence-electron chi connectivity index (χ4n) is 1.56. The quantitative estimate of drug-likeness (QED) is 0.818. The molecular formula is C12H11BrN2O4S2. The lowest BCUT2D eigenvalue weighted by Crippen LogP contribution is -2.22. The molecule has 0 aliphatic carbocycles. The second kappa shape index (κ2) is 6.54. The largest absolute Gasteiger partial charge is 0.494 e. The Morgan fingerprint density at radius 2 is 2.24 bits per heavy atom. The molecule has 0 atom stereocenters. The molecule has 0 saturated heterocycles. The second-order valence-corrected chi connectivity index (χ2v) is 6.91. The van der Waals surface area contributed by atoms with E-state index in [0.717, 1.165) is 9.35 Å². The summed E-state index contributed by atoms with van der Waals surface area (Å²) in [5, 5.41) is 13.5. The summed E-state index contributed by atoms with van der Waals surface area (Å²) < 4.78 is 5.98. The summed E-state index contributed by atoms with van der Waals surface area (Å²) in [6, 6.07) is 0. The van der Waals surface area contributed by atoms with Crippen molar-refractivity contribution in [1.82, 2.24) is 10.3 Å². The lowest BCUT2D eigenvalue weighted by Gasteiger charge is -2.04. The van der Waals surface area contributed by atoms with E-state index >= 15 is 0 Å². The number of nitrogens with one attached hydrogen (secondary N) is 1. The van der Waals surface area contributed by atoms with Crippen LogP contribution in [0.4, 0.5) is 0 Å². The number of aryl methyl sites for hydroxylation is 1. The summed E-state index contributed by atoms with van der Waals surface area (Å²) in [6.07, 6.45) is 0. The third-order valence-electron chi connectivity index (χ3n) is 2.55. The highest BCUT2D eigenvalue weighted by molar-refractivity contribution is 9.10. The molecule has 0 aromatic carbocycles. The molecule has 1 amide bonds. The van der Waals surface area contributed by atoms with Crippen molar-refractivity contribution in [2.75, 3.05) is 7.11 Å². The highest BCUT2D eigenvalue weighted by atomic mass is 79.9. The molecular weight excluding hydrogens is 380 g/mol. The molecule has 112 valence electrons. The number of ether oxygens (including phenoxy) is 1. The number of carboxylic acid groups (broad SMARTS) is 1. The SMILES string of the molecule is COc1c(C(=O)NCc2nc(C(=O)O)cs2)sc(C)c1Br. The van der Waals surface area contributed by atoms with Crippen LogP contribution in [0.2, 0.25) is 0 Å². The average molecular weight is 391 g/mol. The Balaban J connectivity index is 2.08. The van der Waals surface area contributed by atoms with Crippen molar-refractivity contribution in [2.24, 2.45) is 0 Å². The van der Waals surface area contributed by atoms with Crippen molar-refractivity contribution in [1.29, 1.82) is 0 Å². The number of methoxy groups -OCH3 is 1. The molecule has 9 heteroatoms. The number of amides is 1. The molecule has 0 spiro atoms. The number of hydrogen-bond donors (Lipinski definition) is 2. The maximum atomic E-state index is 12.2. The van der Waals surface area contributed by atoms with Crippen LogP contribution in [-0.2, 0) is 6.54 Å². The Hall–Kier alpha value is -1.45. The van der Waals surface area contributed by atoms with Gasteiger partial charge in [-0.1, -0.05) is 0 Å². The predicted octanol–water partition coefficient (Wildman–Crippen LogP) is 2.91. The van der Waals surface area contributed by atoms with Crippen molar-refractivity contribution in [3.63, 3.8) is 0 Å². The van der Waals surface area contributed by atoms with Gasteiger partial charge in [0.1, 0.15) is 9.88 Å². The van der Waals surface area contributed by atoms with E-state index in [2.05, 4.69) is 26.2 Å². The van der Waals surface area contributed by atoms with Gasteiger partial charge in [-0.3, -0.25) is 4.79 Å². The minimum atomic E-state index is -1.08. The van der Waals surface area contributed by atoms with Crippen molar-refractivity contribution in [3.05, 3.63) is 30.3 Å². The minimum absolute atomic E-state index is 0.0171. The Morgan fingerprint density at radius 3 is 2.81 bits per heavy atom. The van der Waals surface area contributed by atoms with Crippen LogP contribution in [0.15, 0.2) is 9.85 Å². The Bertz CT molecular complexity index is 695. The molecule has 2 rings (SSSR count). The molecule has 0 radical (unpaired) electrons. The van der Waals surface area contributed by atoms with Gasteiger partial charge in [-0.05, 0) is 22.9 Å². The van der Waals surface area contributed by atoms with Gasteiger partial charge >= 0.3 is 5.97 Å². The van der Waals surface area contributed by atoms with Gasteiger partial charge in [-0.25, -0.2) is 9.78 Å². The van der Waals surface area contributed by atoms with Gasteiger partial charge in [0.15, 0.2) is 11.4 Å². The number of halogens is 1. The van der Waals surface area contributed by atoms with Crippen LogP contribution in [0.5, 0.6) is 5.75 Å². The summed E-state index contributed by atoms with van der Waals surface area (Å²) in [5.74, 6) is -0.860. The summed E-state index contributed by atoms with van der Waals surface area (Å²) in [4.78, 5) is 28.2. The number of aromatic carboxylic acids is 1. The number of carbonyl (C=O) groups excluding carboxylic acids is 1. The number of nitrogens with zero attached hydrogens (tertiary/aromatic N) is 1. The maximum absolute atomic E-state index is 12.2. The first-order valence-electron chi connectivity index (χ1n) is 5.72. The molecule has 2 N–H and O–H groups in total. The molecule has 6 nitrogen and oxygen atoms in total. The molecule has 0 fully saturated rings. The third kappa shape index (κ3) is 3.42. The Labute approximate surface area is 136 Å². The van der Waals surface area contributed by atoms with Crippen LogP contribution in [0.25, 0.3) is 0 Å². The standard InChI is InChI=1S/C12H11BrN2O4S2/c1-5-8(13)9(19-2)10(21-5)11(16)14-3-7-15-6(4-20-7)12(17)18/h4H,3H2,1-2H3,(H,14,16)(H,17,18). The molecule has 0 aliphatic rings. The van der Waals surface area contributed by atoms with Crippen molar-refractivity contribution in [3.8, 4) is 5.75 Å². The zero-order valence-electron chi connectivity index (χ0n) is 11.1. The Morgan fingerprint density at radius 1 is 1.52 bits per heavy atom. The van der Waals surface area contributed by atoms with E-state index in [4.69, 9.17) is 9.84 Å². The molecule has 0 unspecified atom stereocenters. The summed E-state index contributed by atoms with van der Waals surface area (Å²) in [6.45, 7) is 2.06. The number of carboxylic acids is 1. The van der Waals surface area contributed by atoms with Crippen LogP contribution in [0.3, 0.4) is 0 Å². The van der Waals surface area contributed by atoms with Crippen molar-refractivity contribution < 1.29 is 19.4 Å². The van der Waals surface area contributed by atoms with Crippen LogP contribution in [-0.4, -0.2) is 29.1 Å². The van der Waals surface area contributed by atoms with E-state index in [1.807, 2.05) is 6.92 Å². The van der Waals surface area contributed by atoms with Crippen LogP contribution >= 0.6 is 38.6 Å². The molecule has 2 heterocycles. The molecule has 2 aromatic rings. The van der Waals surface area contributed by atoms with Gasteiger partial charge in [0.05, 0.1) is 18.1 Å². The first kappa shape index (κ1) is 15.9. The molecule has 0 bridgehead atoms. The highest BCUT2D eigenvalue weighted by Gasteiger charge is 2.20. The van der Waals surface area contributed by atoms with E-state index in [1.54, 1.807) is 0 Å². The monoisotopic (exact) mass is 390 g/mol. The summed E-state index contributed by atoms with van der Waals surface area (Å²) in [7, 11) is 1.50. The number of rotatable bonds is 5. The summed E-state index contributed by atoms with van der Waals surface area (Å²) in [5.41, 5.74) is -0.0171. The first-order chi connectivity index (χ1) is 9.93. The minimum Gasteiger partial charge on any atom is -0.494 e. The molecule has 0 aliphatic heterocycles. The van der Waals surface area contributed by atoms with E-state index in [-0.39, 0.29) is 18.1 Å². The van der Waals surface area contributed by atoms with E-state index in [1.165, 1.54) is 35.2 Å². The molecule has 21 heavy (non-hydrogen) atoms. The zero-order valence-corrected chi connectivity index (χ0v) is 14.3. The van der Waals surface area contributed by atoms with Gasteiger partial charge in [0.2, 0.25) is 0 Å². The second-order valence-electron chi connectivity index (χ2n) is 3.95. The molecule has 2 aromatic heterocycles. The lowest BCUT2D eigenvalue weighted by molar-refractivity contribution is 0.0691. The third-order valence-corrected chi connectivity index (χ3v) is 5.70. The van der Waals surface area contributed by atoms with Crippen LogP contribution < -0.4 is 10.1 Å². The van der Waals surface area contributed by atoms with E-state index in [9.17, 15) is 9.59 Å². The smallest absolute Gasteiger partial charge is 0.355 e. The number of carbonyl (C=O) groups is 2. The van der Waals surface area contributed by atoms with Gasteiger partial charge in [-0.15, -0.1) is 22.7 Å². The van der Waals surface area contributed by atoms with Gasteiger partial charge in [-0.2, -0.15) is 0 Å². The van der Waals surface area contributed by atoms with Gasteiger partial charge in [0.25, 0.3) is 5.91 Å². The number of hydrogen-bond acceptors (Lipinski definition) is 6. The van der Waals surface area contributed by atoms with Crippen molar-refractivity contribution >= 4 is 50.5 Å². The topological polar surface area (TPSA) is 88.5 Å². The average Bonchev–Trinajstić information content (AvgIpc) is 3.02. The zero-order chi connectivity index (χ0) is 15.6. The van der Waals surface area contributed by atoms with Crippen molar-refractivity contribution in [2.45, 2.75) is 13.5 Å². The van der Waals surface area contributed by atoms with Crippen LogP contribution in [0, 0.1) is 6.92 Å². The Kier molecular flexibility index (Phi) is 4.96. The summed E-state index contributed by atoms with van der Waals surface area (Å²) >= 11 is 5.89. The van der Waals surface area contributed by atoms with E-state index in [0.29, 0.717) is 15.6 Å². The van der Waals surface area contributed by atoms with Gasteiger partial charge < -0.3 is 15.2 Å². The van der Waals surface area contributed by atoms with Gasteiger partial charge in [0, 0.05) is 10.3 Å².